The molecule has 2 unspecified atom stereocenters. The Balaban J connectivity index is 1.86. The lowest BCUT2D eigenvalue weighted by molar-refractivity contribution is -0.139. The number of fused-ring (bicyclic) bond motifs is 1. The van der Waals surface area contributed by atoms with E-state index in [1.165, 1.54) is 0 Å². The fourth-order valence-electron chi connectivity index (χ4n) is 3.64. The number of nitrogens with zero attached hydrogens (tertiary/aromatic N) is 2. The molecule has 3 amide bonds. The van der Waals surface area contributed by atoms with Gasteiger partial charge in [0.15, 0.2) is 0 Å². The third-order valence-electron chi connectivity index (χ3n) is 4.61. The van der Waals surface area contributed by atoms with Crippen molar-refractivity contribution in [3.05, 3.63) is 0 Å². The van der Waals surface area contributed by atoms with Crippen LogP contribution in [0.25, 0.3) is 0 Å². The lowest BCUT2D eigenvalue weighted by Gasteiger charge is -2.43. The van der Waals surface area contributed by atoms with Gasteiger partial charge in [0.05, 0.1) is 25.2 Å². The first-order chi connectivity index (χ1) is 9.24. The van der Waals surface area contributed by atoms with Crippen LogP contribution in [0.2, 0.25) is 0 Å². The number of carbonyl (C=O) groups is 2. The van der Waals surface area contributed by atoms with Crippen LogP contribution >= 0.6 is 0 Å². The Morgan fingerprint density at radius 2 is 1.95 bits per heavy atom. The van der Waals surface area contributed by atoms with Crippen molar-refractivity contribution in [1.29, 1.82) is 0 Å². The van der Waals surface area contributed by atoms with Gasteiger partial charge in [0, 0.05) is 12.6 Å². The van der Waals surface area contributed by atoms with E-state index >= 15 is 0 Å². The molecule has 3 rings (SSSR count). The first-order valence-corrected chi connectivity index (χ1v) is 7.45. The van der Waals surface area contributed by atoms with E-state index in [9.17, 15) is 9.59 Å². The van der Waals surface area contributed by atoms with Gasteiger partial charge in [0.25, 0.3) is 0 Å². The number of hydrogen-bond acceptors (Lipinski definition) is 3. The third kappa shape index (κ3) is 2.04. The number of amides is 3. The van der Waals surface area contributed by atoms with Gasteiger partial charge in [-0.05, 0) is 19.3 Å². The standard InChI is InChI=1S/C14H22N2O3/c1-2-7-15-12-9-19-8-11(12)13(17)16(14(15)18)10-5-3-4-6-10/h10-12H,2-9H2,1H3. The monoisotopic (exact) mass is 266 g/mol. The number of carbonyl (C=O) groups excluding carboxylic acids is 2. The Kier molecular flexibility index (Phi) is 3.48. The average molecular weight is 266 g/mol. The highest BCUT2D eigenvalue weighted by atomic mass is 16.5. The van der Waals surface area contributed by atoms with E-state index < -0.39 is 0 Å². The molecule has 5 heteroatoms. The molecule has 0 bridgehead atoms. The number of rotatable bonds is 3. The topological polar surface area (TPSA) is 49.9 Å². The van der Waals surface area contributed by atoms with Gasteiger partial charge in [-0.1, -0.05) is 19.8 Å². The zero-order valence-corrected chi connectivity index (χ0v) is 11.5. The smallest absolute Gasteiger partial charge is 0.327 e. The molecule has 3 aliphatic rings. The molecule has 1 saturated carbocycles. The van der Waals surface area contributed by atoms with Crippen LogP contribution < -0.4 is 0 Å². The minimum atomic E-state index is -0.134. The third-order valence-corrected chi connectivity index (χ3v) is 4.61. The van der Waals surface area contributed by atoms with Crippen LogP contribution in [-0.2, 0) is 9.53 Å². The Morgan fingerprint density at radius 3 is 2.63 bits per heavy atom. The molecular weight excluding hydrogens is 244 g/mol. The summed E-state index contributed by atoms with van der Waals surface area (Å²) in [5.74, 6) is -0.128. The summed E-state index contributed by atoms with van der Waals surface area (Å²) < 4.78 is 5.46. The van der Waals surface area contributed by atoms with E-state index in [1.807, 2.05) is 4.90 Å². The van der Waals surface area contributed by atoms with Gasteiger partial charge < -0.3 is 9.64 Å². The lowest BCUT2D eigenvalue weighted by Crippen LogP contribution is -2.63. The van der Waals surface area contributed by atoms with Crippen LogP contribution in [0.15, 0.2) is 0 Å². The minimum absolute atomic E-state index is 0.00625. The van der Waals surface area contributed by atoms with Crippen molar-refractivity contribution in [3.63, 3.8) is 0 Å². The van der Waals surface area contributed by atoms with E-state index in [-0.39, 0.29) is 29.9 Å². The summed E-state index contributed by atoms with van der Waals surface area (Å²) in [6.07, 6.45) is 5.10. The van der Waals surface area contributed by atoms with Crippen molar-refractivity contribution in [2.75, 3.05) is 19.8 Å². The van der Waals surface area contributed by atoms with Crippen molar-refractivity contribution in [2.24, 2.45) is 5.92 Å². The second-order valence-corrected chi connectivity index (χ2v) is 5.83. The molecule has 0 spiro atoms. The molecular formula is C14H22N2O3. The predicted molar refractivity (Wildman–Crippen MR) is 69.6 cm³/mol. The summed E-state index contributed by atoms with van der Waals surface area (Å²) in [4.78, 5) is 28.6. The predicted octanol–water partition coefficient (Wildman–Crippen LogP) is 1.62. The molecule has 2 aliphatic heterocycles. The fraction of sp³-hybridized carbons (Fsp3) is 0.857. The van der Waals surface area contributed by atoms with E-state index in [0.717, 1.165) is 38.6 Å². The SMILES string of the molecule is CCCN1C(=O)N(C2CCCC2)C(=O)C2COCC21. The molecule has 0 radical (unpaired) electrons. The number of hydrogen-bond donors (Lipinski definition) is 0. The molecule has 1 aliphatic carbocycles. The van der Waals surface area contributed by atoms with Crippen molar-refractivity contribution < 1.29 is 14.3 Å². The summed E-state index contributed by atoms with van der Waals surface area (Å²) in [5.41, 5.74) is 0. The molecule has 3 fully saturated rings. The van der Waals surface area contributed by atoms with Gasteiger partial charge in [0.1, 0.15) is 0 Å². The van der Waals surface area contributed by atoms with Gasteiger partial charge in [-0.3, -0.25) is 9.69 Å². The number of urea groups is 1. The zero-order valence-electron chi connectivity index (χ0n) is 11.5. The summed E-state index contributed by atoms with van der Waals surface area (Å²) >= 11 is 0. The van der Waals surface area contributed by atoms with Crippen LogP contribution in [0.3, 0.4) is 0 Å². The van der Waals surface area contributed by atoms with Gasteiger partial charge in [-0.15, -0.1) is 0 Å². The molecule has 0 aromatic rings. The minimum Gasteiger partial charge on any atom is -0.378 e. The molecule has 0 N–H and O–H groups in total. The molecule has 2 heterocycles. The summed E-state index contributed by atoms with van der Waals surface area (Å²) in [6.45, 7) is 3.77. The molecule has 106 valence electrons. The van der Waals surface area contributed by atoms with Crippen LogP contribution in [0.5, 0.6) is 0 Å². The highest BCUT2D eigenvalue weighted by molar-refractivity contribution is 5.99. The Hall–Kier alpha value is -1.10. The second-order valence-electron chi connectivity index (χ2n) is 5.83. The van der Waals surface area contributed by atoms with Crippen LogP contribution in [0.1, 0.15) is 39.0 Å². The largest absolute Gasteiger partial charge is 0.378 e. The quantitative estimate of drug-likeness (QED) is 0.780. The number of ether oxygens (including phenoxy) is 1. The van der Waals surface area contributed by atoms with E-state index in [0.29, 0.717) is 13.2 Å². The molecule has 19 heavy (non-hydrogen) atoms. The van der Waals surface area contributed by atoms with Crippen molar-refractivity contribution in [1.82, 2.24) is 9.80 Å². The van der Waals surface area contributed by atoms with Crippen LogP contribution in [0, 0.1) is 5.92 Å². The van der Waals surface area contributed by atoms with E-state index in [4.69, 9.17) is 4.74 Å². The van der Waals surface area contributed by atoms with Crippen molar-refractivity contribution >= 4 is 11.9 Å². The van der Waals surface area contributed by atoms with Crippen LogP contribution in [-0.4, -0.2) is 53.6 Å². The zero-order chi connectivity index (χ0) is 13.4. The van der Waals surface area contributed by atoms with Gasteiger partial charge in [0.2, 0.25) is 5.91 Å². The highest BCUT2D eigenvalue weighted by Gasteiger charge is 2.50. The number of imide groups is 1. The maximum atomic E-state index is 12.6. The van der Waals surface area contributed by atoms with Crippen molar-refractivity contribution in [3.8, 4) is 0 Å². The van der Waals surface area contributed by atoms with E-state index in [1.54, 1.807) is 4.90 Å². The molecule has 0 aromatic carbocycles. The van der Waals surface area contributed by atoms with Gasteiger partial charge in [-0.2, -0.15) is 0 Å². The summed E-state index contributed by atoms with van der Waals surface area (Å²) in [7, 11) is 0. The maximum absolute atomic E-state index is 12.6. The Morgan fingerprint density at radius 1 is 1.21 bits per heavy atom. The first-order valence-electron chi connectivity index (χ1n) is 7.45. The highest BCUT2D eigenvalue weighted by Crippen LogP contribution is 2.33. The summed E-state index contributed by atoms with van der Waals surface area (Å²) in [5, 5.41) is 0. The second kappa shape index (κ2) is 5.12. The van der Waals surface area contributed by atoms with Gasteiger partial charge >= 0.3 is 6.03 Å². The first kappa shape index (κ1) is 12.9. The lowest BCUT2D eigenvalue weighted by atomic mass is 9.96. The average Bonchev–Trinajstić information content (AvgIpc) is 3.05. The Bertz CT molecular complexity index is 379. The van der Waals surface area contributed by atoms with Crippen molar-refractivity contribution in [2.45, 2.75) is 51.1 Å². The fourth-order valence-corrected chi connectivity index (χ4v) is 3.64. The Labute approximate surface area is 113 Å². The van der Waals surface area contributed by atoms with E-state index in [2.05, 4.69) is 6.92 Å². The molecule has 2 saturated heterocycles. The summed E-state index contributed by atoms with van der Waals surface area (Å²) in [6, 6.07) is 0.0176. The molecule has 5 nitrogen and oxygen atoms in total. The maximum Gasteiger partial charge on any atom is 0.327 e. The van der Waals surface area contributed by atoms with Crippen LogP contribution in [0.4, 0.5) is 4.79 Å². The normalized spacial score (nSPS) is 32.3. The molecule has 0 aromatic heterocycles. The molecule has 2 atom stereocenters. The van der Waals surface area contributed by atoms with Gasteiger partial charge in [-0.25, -0.2) is 4.79 Å².